The summed E-state index contributed by atoms with van der Waals surface area (Å²) in [6, 6.07) is 0. The van der Waals surface area contributed by atoms with Crippen LogP contribution in [0.1, 0.15) is 46.0 Å². The Kier molecular flexibility index (Phi) is 3.62. The van der Waals surface area contributed by atoms with E-state index in [1.165, 1.54) is 24.5 Å². The highest BCUT2D eigenvalue weighted by atomic mass is 16.6. The smallest absolute Gasteiger partial charge is 0.336 e. The quantitative estimate of drug-likeness (QED) is 0.618. The van der Waals surface area contributed by atoms with Gasteiger partial charge in [0, 0.05) is 5.57 Å². The minimum Gasteiger partial charge on any atom is -0.429 e. The van der Waals surface area contributed by atoms with Crippen LogP contribution in [0.15, 0.2) is 23.8 Å². The van der Waals surface area contributed by atoms with E-state index in [0.717, 1.165) is 12.8 Å². The fourth-order valence-corrected chi connectivity index (χ4v) is 3.21. The lowest BCUT2D eigenvalue weighted by Gasteiger charge is -2.40. The average molecular weight is 250 g/mol. The van der Waals surface area contributed by atoms with Crippen molar-refractivity contribution < 1.29 is 14.6 Å². The van der Waals surface area contributed by atoms with Gasteiger partial charge in [-0.1, -0.05) is 26.0 Å². The predicted molar refractivity (Wildman–Crippen MR) is 69.7 cm³/mol. The second-order valence-corrected chi connectivity index (χ2v) is 6.08. The van der Waals surface area contributed by atoms with E-state index in [2.05, 4.69) is 20.4 Å². The lowest BCUT2D eigenvalue weighted by atomic mass is 9.65. The van der Waals surface area contributed by atoms with Gasteiger partial charge in [0.2, 0.25) is 6.29 Å². The van der Waals surface area contributed by atoms with Crippen molar-refractivity contribution in [3.63, 3.8) is 0 Å². The van der Waals surface area contributed by atoms with Crippen LogP contribution in [0.5, 0.6) is 0 Å². The number of rotatable bonds is 3. The Morgan fingerprint density at radius 1 is 1.56 bits per heavy atom. The topological polar surface area (TPSA) is 46.5 Å². The molecule has 0 radical (unpaired) electrons. The Morgan fingerprint density at radius 3 is 2.83 bits per heavy atom. The molecular formula is C15H22O3. The summed E-state index contributed by atoms with van der Waals surface area (Å²) in [5.74, 6) is 0.0828. The van der Waals surface area contributed by atoms with Crippen LogP contribution in [0.3, 0.4) is 0 Å². The fourth-order valence-electron chi connectivity index (χ4n) is 3.21. The maximum absolute atomic E-state index is 11.4. The largest absolute Gasteiger partial charge is 0.429 e. The van der Waals surface area contributed by atoms with Crippen LogP contribution in [-0.2, 0) is 9.53 Å². The normalized spacial score (nSPS) is 31.2. The van der Waals surface area contributed by atoms with E-state index in [9.17, 15) is 9.90 Å². The summed E-state index contributed by atoms with van der Waals surface area (Å²) in [4.78, 5) is 11.4. The Labute approximate surface area is 109 Å². The number of hydrogen-bond acceptors (Lipinski definition) is 3. The van der Waals surface area contributed by atoms with E-state index in [-0.39, 0.29) is 11.4 Å². The summed E-state index contributed by atoms with van der Waals surface area (Å²) in [7, 11) is 0. The van der Waals surface area contributed by atoms with Crippen molar-refractivity contribution in [3.8, 4) is 0 Å². The van der Waals surface area contributed by atoms with Crippen LogP contribution >= 0.6 is 0 Å². The maximum Gasteiger partial charge on any atom is 0.336 e. The highest BCUT2D eigenvalue weighted by molar-refractivity contribution is 5.90. The Bertz CT molecular complexity index is 393. The van der Waals surface area contributed by atoms with E-state index in [0.29, 0.717) is 17.9 Å². The SMILES string of the molecule is C=C1CCCC(C)(C)C1CCC1=CC(O)OC1=O. The van der Waals surface area contributed by atoms with Crippen LogP contribution in [0, 0.1) is 11.3 Å². The van der Waals surface area contributed by atoms with Gasteiger partial charge in [-0.05, 0) is 49.5 Å². The van der Waals surface area contributed by atoms with Gasteiger partial charge in [-0.25, -0.2) is 4.79 Å². The van der Waals surface area contributed by atoms with Crippen molar-refractivity contribution in [2.45, 2.75) is 52.2 Å². The van der Waals surface area contributed by atoms with Gasteiger partial charge in [0.15, 0.2) is 0 Å². The lowest BCUT2D eigenvalue weighted by molar-refractivity contribution is -0.151. The van der Waals surface area contributed by atoms with Gasteiger partial charge in [-0.2, -0.15) is 0 Å². The van der Waals surface area contributed by atoms with Gasteiger partial charge in [0.1, 0.15) is 0 Å². The number of allylic oxidation sites excluding steroid dienone is 1. The molecule has 2 unspecified atom stereocenters. The second kappa shape index (κ2) is 4.88. The van der Waals surface area contributed by atoms with Crippen molar-refractivity contribution in [2.75, 3.05) is 0 Å². The molecule has 1 aliphatic carbocycles. The van der Waals surface area contributed by atoms with Crippen LogP contribution < -0.4 is 0 Å². The molecule has 0 aromatic rings. The molecule has 0 spiro atoms. The van der Waals surface area contributed by atoms with Crippen LogP contribution in [0.4, 0.5) is 0 Å². The van der Waals surface area contributed by atoms with Gasteiger partial charge in [-0.15, -0.1) is 0 Å². The minimum absolute atomic E-state index is 0.261. The van der Waals surface area contributed by atoms with Gasteiger partial charge in [-0.3, -0.25) is 0 Å². The Morgan fingerprint density at radius 2 is 2.28 bits per heavy atom. The monoisotopic (exact) mass is 250 g/mol. The maximum atomic E-state index is 11.4. The van der Waals surface area contributed by atoms with E-state index < -0.39 is 6.29 Å². The number of aliphatic hydroxyl groups excluding tert-OH is 1. The van der Waals surface area contributed by atoms with Gasteiger partial charge >= 0.3 is 5.97 Å². The first-order chi connectivity index (χ1) is 8.40. The van der Waals surface area contributed by atoms with Crippen molar-refractivity contribution in [1.29, 1.82) is 0 Å². The number of cyclic esters (lactones) is 1. The summed E-state index contributed by atoms with van der Waals surface area (Å²) in [6.07, 6.45) is 5.58. The molecule has 0 aromatic heterocycles. The molecule has 18 heavy (non-hydrogen) atoms. The molecule has 3 nitrogen and oxygen atoms in total. The standard InChI is InChI=1S/C15H22O3/c1-10-5-4-8-15(2,3)12(10)7-6-11-9-13(16)18-14(11)17/h9,12-13,16H,1,4-8H2,2-3H3. The highest BCUT2D eigenvalue weighted by Gasteiger charge is 2.35. The highest BCUT2D eigenvalue weighted by Crippen LogP contribution is 2.45. The van der Waals surface area contributed by atoms with E-state index in [1.807, 2.05) is 0 Å². The molecule has 0 amide bonds. The summed E-state index contributed by atoms with van der Waals surface area (Å²) < 4.78 is 4.69. The number of hydrogen-bond donors (Lipinski definition) is 1. The molecule has 100 valence electrons. The Hall–Kier alpha value is -1.09. The van der Waals surface area contributed by atoms with E-state index in [1.54, 1.807) is 0 Å². The third kappa shape index (κ3) is 2.66. The molecule has 0 bridgehead atoms. The lowest BCUT2D eigenvalue weighted by Crippen LogP contribution is -2.29. The van der Waals surface area contributed by atoms with Crippen molar-refractivity contribution in [2.24, 2.45) is 11.3 Å². The molecule has 1 N–H and O–H groups in total. The number of carbonyl (C=O) groups excluding carboxylic acids is 1. The number of carbonyl (C=O) groups is 1. The summed E-state index contributed by atoms with van der Waals surface area (Å²) in [6.45, 7) is 8.74. The Balaban J connectivity index is 1.98. The molecule has 2 aliphatic rings. The van der Waals surface area contributed by atoms with Crippen LogP contribution in [-0.4, -0.2) is 17.4 Å². The predicted octanol–water partition coefficient (Wildman–Crippen LogP) is 2.95. The zero-order valence-electron chi connectivity index (χ0n) is 11.2. The third-order valence-corrected chi connectivity index (χ3v) is 4.29. The number of esters is 1. The van der Waals surface area contributed by atoms with Gasteiger partial charge in [0.05, 0.1) is 0 Å². The van der Waals surface area contributed by atoms with E-state index >= 15 is 0 Å². The zero-order valence-corrected chi connectivity index (χ0v) is 11.2. The molecular weight excluding hydrogens is 228 g/mol. The van der Waals surface area contributed by atoms with Gasteiger partial charge < -0.3 is 9.84 Å². The molecule has 1 heterocycles. The summed E-state index contributed by atoms with van der Waals surface area (Å²) >= 11 is 0. The molecule has 1 fully saturated rings. The molecule has 1 saturated carbocycles. The summed E-state index contributed by atoms with van der Waals surface area (Å²) in [5, 5.41) is 9.22. The minimum atomic E-state index is -1.05. The van der Waals surface area contributed by atoms with Crippen LogP contribution in [0.25, 0.3) is 0 Å². The average Bonchev–Trinajstić information content (AvgIpc) is 2.56. The fraction of sp³-hybridized carbons (Fsp3) is 0.667. The van der Waals surface area contributed by atoms with Gasteiger partial charge in [0.25, 0.3) is 0 Å². The molecule has 0 aromatic carbocycles. The third-order valence-electron chi connectivity index (χ3n) is 4.29. The van der Waals surface area contributed by atoms with Crippen molar-refractivity contribution in [1.82, 2.24) is 0 Å². The van der Waals surface area contributed by atoms with Crippen LogP contribution in [0.2, 0.25) is 0 Å². The van der Waals surface area contributed by atoms with Crippen molar-refractivity contribution in [3.05, 3.63) is 23.8 Å². The van der Waals surface area contributed by atoms with E-state index in [4.69, 9.17) is 4.74 Å². The first kappa shape index (κ1) is 13.3. The molecule has 1 aliphatic heterocycles. The second-order valence-electron chi connectivity index (χ2n) is 6.08. The first-order valence-electron chi connectivity index (χ1n) is 6.67. The molecule has 2 rings (SSSR count). The van der Waals surface area contributed by atoms with Crippen molar-refractivity contribution >= 4 is 5.97 Å². The summed E-state index contributed by atoms with van der Waals surface area (Å²) in [5.41, 5.74) is 2.17. The molecule has 3 heteroatoms. The number of aliphatic hydroxyl groups is 1. The zero-order chi connectivity index (χ0) is 13.3. The molecule has 2 atom stereocenters. The number of ether oxygens (including phenoxy) is 1. The first-order valence-corrected chi connectivity index (χ1v) is 6.67. The molecule has 0 saturated heterocycles.